The number of halogens is 3. The van der Waals surface area contributed by atoms with Crippen molar-refractivity contribution in [1.82, 2.24) is 4.90 Å². The Kier molecular flexibility index (Phi) is 7.38. The highest BCUT2D eigenvalue weighted by Gasteiger charge is 2.30. The van der Waals surface area contributed by atoms with Crippen LogP contribution < -0.4 is 4.74 Å². The van der Waals surface area contributed by atoms with Crippen molar-refractivity contribution >= 4 is 17.2 Å². The zero-order chi connectivity index (χ0) is 25.9. The van der Waals surface area contributed by atoms with Gasteiger partial charge in [-0.1, -0.05) is 36.4 Å². The molecule has 0 radical (unpaired) electrons. The Morgan fingerprint density at radius 1 is 0.973 bits per heavy atom. The lowest BCUT2D eigenvalue weighted by Crippen LogP contribution is -2.34. The first-order valence-corrected chi connectivity index (χ1v) is 12.6. The Morgan fingerprint density at radius 3 is 2.35 bits per heavy atom. The summed E-state index contributed by atoms with van der Waals surface area (Å²) in [6.45, 7) is 4.34. The molecular weight excluding hydrogens is 475 g/mol. The Hall–Kier alpha value is -3.51. The predicted molar refractivity (Wildman–Crippen MR) is 141 cm³/mol. The molecule has 3 aromatic rings. The fraction of sp³-hybridized carbons (Fsp3) is 0.290. The molecule has 3 nitrogen and oxygen atoms in total. The van der Waals surface area contributed by atoms with Crippen LogP contribution in [0.1, 0.15) is 48.1 Å². The molecule has 37 heavy (non-hydrogen) atoms. The monoisotopic (exact) mass is 505 g/mol. The molecular formula is C31H30F3NO2. The van der Waals surface area contributed by atoms with Gasteiger partial charge in [-0.15, -0.1) is 0 Å². The van der Waals surface area contributed by atoms with Crippen molar-refractivity contribution < 1.29 is 23.0 Å². The lowest BCUT2D eigenvalue weighted by atomic mass is 9.86. The number of hydrogen-bond acceptors (Lipinski definition) is 3. The molecule has 0 amide bonds. The number of benzene rings is 3. The molecule has 6 heteroatoms. The summed E-state index contributed by atoms with van der Waals surface area (Å²) in [6.07, 6.45) is 5.39. The first kappa shape index (κ1) is 25.2. The van der Waals surface area contributed by atoms with Crippen LogP contribution >= 0.6 is 0 Å². The van der Waals surface area contributed by atoms with Gasteiger partial charge in [-0.2, -0.15) is 0 Å². The van der Waals surface area contributed by atoms with Gasteiger partial charge < -0.3 is 9.84 Å². The number of phenolic OH excluding ortho intramolecular Hbond substituents is 1. The van der Waals surface area contributed by atoms with Gasteiger partial charge in [-0.25, -0.2) is 8.78 Å². The maximum atomic E-state index is 14.2. The number of likely N-dealkylation sites (tertiary alicyclic amines) is 1. The molecule has 1 atom stereocenters. The second-order valence-electron chi connectivity index (χ2n) is 9.84. The maximum Gasteiger partial charge on any atom is 0.150 e. The van der Waals surface area contributed by atoms with Crippen LogP contribution in [-0.4, -0.2) is 36.3 Å². The number of ether oxygens (including phenoxy) is 1. The Labute approximate surface area is 215 Å². The smallest absolute Gasteiger partial charge is 0.150 e. The second kappa shape index (κ2) is 10.9. The zero-order valence-electron chi connectivity index (χ0n) is 20.8. The van der Waals surface area contributed by atoms with Crippen molar-refractivity contribution in [3.8, 4) is 11.5 Å². The third kappa shape index (κ3) is 5.59. The Balaban J connectivity index is 1.40. The van der Waals surface area contributed by atoms with Gasteiger partial charge in [-0.05, 0) is 85.3 Å². The third-order valence-electron chi connectivity index (χ3n) is 7.29. The largest absolute Gasteiger partial charge is 0.508 e. The Bertz CT molecular complexity index is 1300. The van der Waals surface area contributed by atoms with E-state index >= 15 is 0 Å². The fourth-order valence-electron chi connectivity index (χ4n) is 5.20. The van der Waals surface area contributed by atoms with Crippen molar-refractivity contribution in [2.45, 2.75) is 25.9 Å². The summed E-state index contributed by atoms with van der Waals surface area (Å²) >= 11 is 0. The van der Waals surface area contributed by atoms with Crippen LogP contribution in [0.25, 0.3) is 17.2 Å². The number of piperidine rings is 1. The van der Waals surface area contributed by atoms with Gasteiger partial charge in [0.1, 0.15) is 29.2 Å². The number of hydrogen-bond donors (Lipinski definition) is 1. The first-order valence-electron chi connectivity index (χ1n) is 12.6. The summed E-state index contributed by atoms with van der Waals surface area (Å²) in [5.41, 5.74) is 4.55. The number of alkyl halides is 1. The van der Waals surface area contributed by atoms with E-state index in [1.165, 1.54) is 12.1 Å². The van der Waals surface area contributed by atoms with Gasteiger partial charge in [0.05, 0.1) is 6.67 Å². The number of allylic oxidation sites excluding steroid dienone is 1. The van der Waals surface area contributed by atoms with Gasteiger partial charge in [-0.3, -0.25) is 9.29 Å². The van der Waals surface area contributed by atoms with E-state index in [2.05, 4.69) is 17.1 Å². The van der Waals surface area contributed by atoms with Crippen LogP contribution in [-0.2, 0) is 0 Å². The third-order valence-corrected chi connectivity index (χ3v) is 7.29. The van der Waals surface area contributed by atoms with Gasteiger partial charge in [0.15, 0.2) is 0 Å². The standard InChI is InChI=1S/C31H30F3NO2/c1-20-28-9-8-27(36)18-29(28)37-31(30(20)24-15-25(33)17-26(34)16-24)23-6-4-21(5-7-23)3-2-12-35-13-10-22(19-32)11-14-35/h2-9,15-18,22,31,36H,10-14,19H2,1H3/b3-2+. The molecule has 5 rings (SSSR count). The topological polar surface area (TPSA) is 32.7 Å². The Morgan fingerprint density at radius 2 is 1.68 bits per heavy atom. The van der Waals surface area contributed by atoms with Gasteiger partial charge in [0.25, 0.3) is 0 Å². The van der Waals surface area contributed by atoms with E-state index in [-0.39, 0.29) is 18.3 Å². The molecule has 1 saturated heterocycles. The highest BCUT2D eigenvalue weighted by atomic mass is 19.1. The van der Waals surface area contributed by atoms with E-state index in [1.54, 1.807) is 18.2 Å². The van der Waals surface area contributed by atoms with Crippen molar-refractivity contribution in [2.75, 3.05) is 26.3 Å². The van der Waals surface area contributed by atoms with E-state index in [4.69, 9.17) is 4.74 Å². The SMILES string of the molecule is CC1=C(c2cc(F)cc(F)c2)C(c2ccc(/C=C/CN3CCC(CF)CC3)cc2)Oc2cc(O)ccc21. The van der Waals surface area contributed by atoms with Crippen LogP contribution in [0.5, 0.6) is 11.5 Å². The zero-order valence-corrected chi connectivity index (χ0v) is 20.8. The molecule has 0 bridgehead atoms. The molecule has 192 valence electrons. The highest BCUT2D eigenvalue weighted by Crippen LogP contribution is 2.47. The summed E-state index contributed by atoms with van der Waals surface area (Å²) in [6, 6.07) is 16.2. The van der Waals surface area contributed by atoms with E-state index in [0.29, 0.717) is 16.9 Å². The lowest BCUT2D eigenvalue weighted by Gasteiger charge is -2.31. The number of phenols is 1. The van der Waals surface area contributed by atoms with Crippen LogP contribution in [0.15, 0.2) is 66.7 Å². The molecule has 1 N–H and O–H groups in total. The quantitative estimate of drug-likeness (QED) is 0.378. The molecule has 1 fully saturated rings. The van der Waals surface area contributed by atoms with Crippen molar-refractivity contribution in [3.63, 3.8) is 0 Å². The van der Waals surface area contributed by atoms with Gasteiger partial charge >= 0.3 is 0 Å². The number of rotatable bonds is 6. The minimum atomic E-state index is -0.653. The normalized spacial score (nSPS) is 18.8. The molecule has 2 aliphatic rings. The minimum absolute atomic E-state index is 0.0833. The van der Waals surface area contributed by atoms with E-state index < -0.39 is 17.7 Å². The predicted octanol–water partition coefficient (Wildman–Crippen LogP) is 7.43. The van der Waals surface area contributed by atoms with Gasteiger partial charge in [0, 0.05) is 29.8 Å². The van der Waals surface area contributed by atoms with Crippen LogP contribution in [0.3, 0.4) is 0 Å². The van der Waals surface area contributed by atoms with E-state index in [9.17, 15) is 18.3 Å². The highest BCUT2D eigenvalue weighted by molar-refractivity contribution is 5.95. The summed E-state index contributed by atoms with van der Waals surface area (Å²) in [7, 11) is 0. The molecule has 0 saturated carbocycles. The number of fused-ring (bicyclic) bond motifs is 1. The molecule has 0 aromatic heterocycles. The fourth-order valence-corrected chi connectivity index (χ4v) is 5.20. The van der Waals surface area contributed by atoms with Crippen LogP contribution in [0.4, 0.5) is 13.2 Å². The van der Waals surface area contributed by atoms with Crippen LogP contribution in [0.2, 0.25) is 0 Å². The summed E-state index contributed by atoms with van der Waals surface area (Å²) in [5.74, 6) is -0.499. The minimum Gasteiger partial charge on any atom is -0.508 e. The van der Waals surface area contributed by atoms with Crippen molar-refractivity contribution in [2.24, 2.45) is 5.92 Å². The number of aromatic hydroxyl groups is 1. The van der Waals surface area contributed by atoms with Crippen LogP contribution in [0, 0.1) is 17.6 Å². The van der Waals surface area contributed by atoms with E-state index in [1.807, 2.05) is 31.2 Å². The molecule has 2 heterocycles. The molecule has 1 unspecified atom stereocenters. The van der Waals surface area contributed by atoms with Crippen molar-refractivity contribution in [3.05, 3.63) is 101 Å². The van der Waals surface area contributed by atoms with Crippen molar-refractivity contribution in [1.29, 1.82) is 0 Å². The summed E-state index contributed by atoms with van der Waals surface area (Å²) < 4.78 is 47.5. The average molecular weight is 506 g/mol. The average Bonchev–Trinajstić information content (AvgIpc) is 2.88. The van der Waals surface area contributed by atoms with E-state index in [0.717, 1.165) is 60.8 Å². The first-order chi connectivity index (χ1) is 17.9. The summed E-state index contributed by atoms with van der Waals surface area (Å²) in [4.78, 5) is 2.33. The molecule has 3 aromatic carbocycles. The molecule has 0 aliphatic carbocycles. The summed E-state index contributed by atoms with van der Waals surface area (Å²) in [5, 5.41) is 10.0. The van der Waals surface area contributed by atoms with Gasteiger partial charge in [0.2, 0.25) is 0 Å². The number of nitrogens with zero attached hydrogens (tertiary/aromatic N) is 1. The molecule has 2 aliphatic heterocycles. The molecule has 0 spiro atoms. The maximum absolute atomic E-state index is 14.2. The second-order valence-corrected chi connectivity index (χ2v) is 9.84. The lowest BCUT2D eigenvalue weighted by molar-refractivity contribution is 0.178.